The number of carbonyl (C=O) groups excluding carboxylic acids is 2. The highest BCUT2D eigenvalue weighted by molar-refractivity contribution is 5.95. The average molecular weight is 590 g/mol. The van der Waals surface area contributed by atoms with Gasteiger partial charge in [-0.15, -0.1) is 0 Å². The highest BCUT2D eigenvalue weighted by atomic mass is 19.1. The first-order valence-electron chi connectivity index (χ1n) is 14.6. The predicted molar refractivity (Wildman–Crippen MR) is 157 cm³/mol. The van der Waals surface area contributed by atoms with Gasteiger partial charge in [-0.25, -0.2) is 9.18 Å². The second-order valence-electron chi connectivity index (χ2n) is 11.7. The maximum Gasteiger partial charge on any atom is 0.407 e. The quantitative estimate of drug-likeness (QED) is 0.359. The van der Waals surface area contributed by atoms with Gasteiger partial charge in [-0.2, -0.15) is 10.2 Å². The first kappa shape index (κ1) is 29.9. The van der Waals surface area contributed by atoms with Gasteiger partial charge in [0.15, 0.2) is 0 Å². The van der Waals surface area contributed by atoms with Crippen LogP contribution in [0, 0.1) is 11.7 Å². The maximum absolute atomic E-state index is 15.4. The third-order valence-electron chi connectivity index (χ3n) is 7.92. The number of hydrogen-bond acceptors (Lipinski definition) is 6. The Morgan fingerprint density at radius 2 is 1.81 bits per heavy atom. The molecule has 3 heterocycles. The van der Waals surface area contributed by atoms with Crippen molar-refractivity contribution in [2.45, 2.75) is 58.5 Å². The lowest BCUT2D eigenvalue weighted by molar-refractivity contribution is -0.128. The Morgan fingerprint density at radius 3 is 2.40 bits per heavy atom. The summed E-state index contributed by atoms with van der Waals surface area (Å²) in [5.41, 5.74) is 2.74. The van der Waals surface area contributed by atoms with E-state index >= 15 is 4.39 Å². The number of hydrogen-bond donors (Lipinski definition) is 2. The van der Waals surface area contributed by atoms with Crippen LogP contribution in [0.25, 0.3) is 11.3 Å². The summed E-state index contributed by atoms with van der Waals surface area (Å²) in [5.74, 6) is -0.121. The van der Waals surface area contributed by atoms with Gasteiger partial charge < -0.3 is 25.0 Å². The summed E-state index contributed by atoms with van der Waals surface area (Å²) in [5, 5.41) is 20.6. The van der Waals surface area contributed by atoms with Gasteiger partial charge in [-0.3, -0.25) is 9.59 Å². The molecule has 226 valence electrons. The van der Waals surface area contributed by atoms with Crippen molar-refractivity contribution in [3.05, 3.63) is 71.2 Å². The highest BCUT2D eigenvalue weighted by Crippen LogP contribution is 2.32. The van der Waals surface area contributed by atoms with Gasteiger partial charge in [0.05, 0.1) is 17.0 Å². The van der Waals surface area contributed by atoms with E-state index in [1.807, 2.05) is 31.2 Å². The van der Waals surface area contributed by atoms with Gasteiger partial charge in [0.1, 0.15) is 17.3 Å². The number of nitrogens with zero attached hydrogens (tertiary/aromatic N) is 4. The number of ether oxygens (including phenoxy) is 1. The molecular formula is C32H36FN5O5. The fourth-order valence-corrected chi connectivity index (χ4v) is 5.42. The molecule has 43 heavy (non-hydrogen) atoms. The van der Waals surface area contributed by atoms with Gasteiger partial charge in [-0.1, -0.05) is 20.8 Å². The van der Waals surface area contributed by atoms with Crippen LogP contribution in [0.1, 0.15) is 67.6 Å². The smallest absolute Gasteiger partial charge is 0.407 e. The van der Waals surface area contributed by atoms with Gasteiger partial charge >= 0.3 is 6.09 Å². The number of halogens is 1. The zero-order valence-corrected chi connectivity index (χ0v) is 24.5. The van der Waals surface area contributed by atoms with Crippen LogP contribution in [0.3, 0.4) is 0 Å². The number of likely N-dealkylation sites (tertiary alicyclic amines) is 2. The minimum atomic E-state index is -0.996. The highest BCUT2D eigenvalue weighted by Gasteiger charge is 2.29. The molecule has 2 aliphatic heterocycles. The number of aromatic nitrogens is 2. The first-order chi connectivity index (χ1) is 20.6. The Bertz CT molecular complexity index is 1490. The minimum Gasteiger partial charge on any atom is -0.465 e. The molecule has 11 heteroatoms. The van der Waals surface area contributed by atoms with E-state index < -0.39 is 17.8 Å². The number of carbonyl (C=O) groups is 3. The van der Waals surface area contributed by atoms with Crippen molar-refractivity contribution < 1.29 is 28.6 Å². The number of benzene rings is 2. The molecule has 0 aliphatic carbocycles. The molecule has 2 aromatic carbocycles. The minimum absolute atomic E-state index is 0.0117. The van der Waals surface area contributed by atoms with Gasteiger partial charge in [0.2, 0.25) is 5.91 Å². The summed E-state index contributed by atoms with van der Waals surface area (Å²) < 4.78 is 21.6. The van der Waals surface area contributed by atoms with E-state index in [1.165, 1.54) is 17.0 Å². The molecule has 2 fully saturated rings. The summed E-state index contributed by atoms with van der Waals surface area (Å²) in [6.07, 6.45) is 0.312. The number of rotatable bonds is 8. The van der Waals surface area contributed by atoms with Crippen molar-refractivity contribution in [2.75, 3.05) is 19.6 Å². The Hall–Kier alpha value is -4.54. The second-order valence-corrected chi connectivity index (χ2v) is 11.7. The molecule has 1 unspecified atom stereocenters. The average Bonchev–Trinajstić information content (AvgIpc) is 3.30. The second kappa shape index (κ2) is 12.8. The van der Waals surface area contributed by atoms with Crippen molar-refractivity contribution in [3.8, 4) is 22.8 Å². The van der Waals surface area contributed by atoms with Gasteiger partial charge in [-0.05, 0) is 73.2 Å². The molecule has 1 atom stereocenters. The standard InChI is InChI=1S/C32H36FN5O5/c1-19(2)27-8-9-28(36-35-27)21-4-6-24(7-5-21)43-29-16-25(31(40)34-23-10-12-37(13-11-23)32(41)42)26(33)15-22(29)18-38-17-20(3)14-30(38)39/h4-9,15-16,19-20,23H,10-14,17-18H2,1-3H3,(H,34,40)(H,41,42). The Morgan fingerprint density at radius 1 is 1.09 bits per heavy atom. The van der Waals surface area contributed by atoms with Crippen molar-refractivity contribution >= 4 is 17.9 Å². The number of piperidine rings is 1. The van der Waals surface area contributed by atoms with Crippen molar-refractivity contribution in [3.63, 3.8) is 0 Å². The number of amides is 3. The van der Waals surface area contributed by atoms with Crippen molar-refractivity contribution in [1.82, 2.24) is 25.3 Å². The monoisotopic (exact) mass is 589 g/mol. The van der Waals surface area contributed by atoms with Crippen molar-refractivity contribution in [2.24, 2.45) is 5.92 Å². The molecule has 10 nitrogen and oxygen atoms in total. The third-order valence-corrected chi connectivity index (χ3v) is 7.92. The van der Waals surface area contributed by atoms with E-state index in [4.69, 9.17) is 4.74 Å². The Balaban J connectivity index is 1.37. The molecule has 0 spiro atoms. The van der Waals surface area contributed by atoms with Crippen LogP contribution in [-0.2, 0) is 11.3 Å². The largest absolute Gasteiger partial charge is 0.465 e. The molecule has 2 N–H and O–H groups in total. The van der Waals surface area contributed by atoms with Crippen LogP contribution in [-0.4, -0.2) is 68.7 Å². The molecule has 5 rings (SSSR count). The Kier molecular flexibility index (Phi) is 8.89. The van der Waals surface area contributed by atoms with Crippen molar-refractivity contribution in [1.29, 1.82) is 0 Å². The topological polar surface area (TPSA) is 125 Å². The predicted octanol–water partition coefficient (Wildman–Crippen LogP) is 5.44. The van der Waals surface area contributed by atoms with Crippen LogP contribution in [0.15, 0.2) is 48.5 Å². The zero-order valence-electron chi connectivity index (χ0n) is 24.5. The molecule has 3 aromatic rings. The molecule has 3 amide bonds. The molecule has 0 radical (unpaired) electrons. The molecule has 2 saturated heterocycles. The van der Waals surface area contributed by atoms with E-state index in [2.05, 4.69) is 29.4 Å². The maximum atomic E-state index is 15.4. The summed E-state index contributed by atoms with van der Waals surface area (Å²) >= 11 is 0. The first-order valence-corrected chi connectivity index (χ1v) is 14.6. The molecule has 0 bridgehead atoms. The number of nitrogens with one attached hydrogen (secondary N) is 1. The summed E-state index contributed by atoms with van der Waals surface area (Å²) in [7, 11) is 0. The van der Waals surface area contributed by atoms with E-state index in [0.717, 1.165) is 11.3 Å². The summed E-state index contributed by atoms with van der Waals surface area (Å²) in [6, 6.07) is 13.4. The lowest BCUT2D eigenvalue weighted by Crippen LogP contribution is -2.46. The lowest BCUT2D eigenvalue weighted by atomic mass is 10.0. The van der Waals surface area contributed by atoms with Crippen LogP contribution < -0.4 is 10.1 Å². The number of carboxylic acid groups (broad SMARTS) is 1. The van der Waals surface area contributed by atoms with Crippen LogP contribution in [0.5, 0.6) is 11.5 Å². The van der Waals surface area contributed by atoms with Gasteiger partial charge in [0.25, 0.3) is 5.91 Å². The fourth-order valence-electron chi connectivity index (χ4n) is 5.42. The van der Waals surface area contributed by atoms with E-state index in [1.54, 1.807) is 17.0 Å². The summed E-state index contributed by atoms with van der Waals surface area (Å²) in [4.78, 5) is 39.8. The molecular weight excluding hydrogens is 553 g/mol. The van der Waals surface area contributed by atoms with E-state index in [-0.39, 0.29) is 41.6 Å². The third kappa shape index (κ3) is 7.10. The van der Waals surface area contributed by atoms with E-state index in [0.29, 0.717) is 55.9 Å². The SMILES string of the molecule is CC1CC(=O)N(Cc2cc(F)c(C(=O)NC3CCN(C(=O)O)CC3)cc2Oc2ccc(-c3ccc(C(C)C)nn3)cc2)C1. The molecule has 0 saturated carbocycles. The van der Waals surface area contributed by atoms with Crippen LogP contribution >= 0.6 is 0 Å². The van der Waals surface area contributed by atoms with Gasteiger partial charge in [0, 0.05) is 49.8 Å². The molecule has 2 aliphatic rings. The fraction of sp³-hybridized carbons (Fsp3) is 0.406. The Labute approximate surface area is 249 Å². The lowest BCUT2D eigenvalue weighted by Gasteiger charge is -2.30. The van der Waals surface area contributed by atoms with Crippen LogP contribution in [0.2, 0.25) is 0 Å². The van der Waals surface area contributed by atoms with E-state index in [9.17, 15) is 19.5 Å². The molecule has 1 aromatic heterocycles. The van der Waals surface area contributed by atoms with Crippen LogP contribution in [0.4, 0.5) is 9.18 Å². The summed E-state index contributed by atoms with van der Waals surface area (Å²) in [6.45, 7) is 7.40. The zero-order chi connectivity index (χ0) is 30.7. The normalized spacial score (nSPS) is 17.4.